The van der Waals surface area contributed by atoms with Crippen molar-refractivity contribution in [2.75, 3.05) is 25.0 Å². The lowest BCUT2D eigenvalue weighted by atomic mass is 10.1. The number of carbonyl (C=O) groups is 2. The minimum absolute atomic E-state index is 0.0533. The molecule has 0 bridgehead atoms. The van der Waals surface area contributed by atoms with E-state index in [1.54, 1.807) is 0 Å². The van der Waals surface area contributed by atoms with Crippen molar-refractivity contribution in [2.45, 2.75) is 65.9 Å². The van der Waals surface area contributed by atoms with Crippen molar-refractivity contribution in [3.8, 4) is 0 Å². The predicted molar refractivity (Wildman–Crippen MR) is 110 cm³/mol. The Morgan fingerprint density at radius 1 is 1.11 bits per heavy atom. The number of nitrogens with one attached hydrogen (secondary N) is 2. The Balaban J connectivity index is 2.47. The number of nitrogens with zero attached hydrogens (tertiary/aromatic N) is 1. The molecular weight excluding hydrogens is 342 g/mol. The Morgan fingerprint density at radius 3 is 2.37 bits per heavy atom. The molecule has 0 saturated carbocycles. The van der Waals surface area contributed by atoms with E-state index >= 15 is 0 Å². The van der Waals surface area contributed by atoms with Crippen molar-refractivity contribution in [2.24, 2.45) is 0 Å². The highest BCUT2D eigenvalue weighted by atomic mass is 16.6. The number of anilines is 1. The lowest BCUT2D eigenvalue weighted by molar-refractivity contribution is 0.0527. The summed E-state index contributed by atoms with van der Waals surface area (Å²) in [4.78, 5) is 25.9. The van der Waals surface area contributed by atoms with Gasteiger partial charge in [0.25, 0.3) is 0 Å². The Bertz CT molecular complexity index is 591. The van der Waals surface area contributed by atoms with Crippen molar-refractivity contribution in [1.82, 2.24) is 10.2 Å². The van der Waals surface area contributed by atoms with Crippen molar-refractivity contribution in [3.05, 3.63) is 29.8 Å². The zero-order chi connectivity index (χ0) is 20.3. The van der Waals surface area contributed by atoms with Crippen LogP contribution in [0.3, 0.4) is 0 Å². The summed E-state index contributed by atoms with van der Waals surface area (Å²) in [6.07, 6.45) is 3.10. The summed E-state index contributed by atoms with van der Waals surface area (Å²) >= 11 is 0. The Labute approximate surface area is 163 Å². The first-order chi connectivity index (χ1) is 12.7. The largest absolute Gasteiger partial charge is 0.444 e. The first kappa shape index (κ1) is 22.8. The normalized spacial score (nSPS) is 11.0. The highest BCUT2D eigenvalue weighted by Gasteiger charge is 2.15. The second-order valence-electron chi connectivity index (χ2n) is 7.65. The van der Waals surface area contributed by atoms with Crippen molar-refractivity contribution in [3.63, 3.8) is 0 Å². The lowest BCUT2D eigenvalue weighted by Crippen LogP contribution is -2.36. The summed E-state index contributed by atoms with van der Waals surface area (Å²) in [6, 6.07) is 7.80. The molecule has 0 fully saturated rings. The number of aryl methyl sites for hydroxylation is 1. The van der Waals surface area contributed by atoms with Crippen LogP contribution in [0.4, 0.5) is 15.3 Å². The molecule has 0 aliphatic rings. The summed E-state index contributed by atoms with van der Waals surface area (Å²) < 4.78 is 5.21. The zero-order valence-corrected chi connectivity index (χ0v) is 17.4. The van der Waals surface area contributed by atoms with Crippen LogP contribution >= 0.6 is 0 Å². The average Bonchev–Trinajstić information content (AvgIpc) is 2.57. The van der Waals surface area contributed by atoms with Crippen LogP contribution in [-0.2, 0) is 11.2 Å². The van der Waals surface area contributed by atoms with Gasteiger partial charge in [0, 0.05) is 25.3 Å². The molecule has 0 aliphatic heterocycles. The second-order valence-corrected chi connectivity index (χ2v) is 7.65. The van der Waals surface area contributed by atoms with Gasteiger partial charge in [-0.05, 0) is 64.2 Å². The molecule has 1 aromatic rings. The molecule has 27 heavy (non-hydrogen) atoms. The molecule has 152 valence electrons. The van der Waals surface area contributed by atoms with E-state index in [4.69, 9.17) is 4.74 Å². The van der Waals surface area contributed by atoms with Crippen LogP contribution in [0.25, 0.3) is 0 Å². The van der Waals surface area contributed by atoms with Crippen LogP contribution in [0, 0.1) is 0 Å². The maximum absolute atomic E-state index is 12.4. The molecule has 0 saturated heterocycles. The molecule has 6 heteroatoms. The molecule has 1 aromatic carbocycles. The van der Waals surface area contributed by atoms with Gasteiger partial charge in [0.05, 0.1) is 0 Å². The summed E-state index contributed by atoms with van der Waals surface area (Å²) in [5, 5.41) is 5.75. The van der Waals surface area contributed by atoms with Crippen LogP contribution in [-0.4, -0.2) is 42.3 Å². The Hall–Kier alpha value is -2.24. The number of hydrogen-bond acceptors (Lipinski definition) is 3. The van der Waals surface area contributed by atoms with E-state index < -0.39 is 11.7 Å². The monoisotopic (exact) mass is 377 g/mol. The Kier molecular flexibility index (Phi) is 9.68. The average molecular weight is 378 g/mol. The van der Waals surface area contributed by atoms with E-state index in [0.29, 0.717) is 6.54 Å². The molecule has 0 atom stereocenters. The lowest BCUT2D eigenvalue weighted by Gasteiger charge is -2.22. The first-order valence-electron chi connectivity index (χ1n) is 9.87. The van der Waals surface area contributed by atoms with Crippen LogP contribution in [0.15, 0.2) is 24.3 Å². The van der Waals surface area contributed by atoms with Gasteiger partial charge in [0.2, 0.25) is 0 Å². The molecule has 2 N–H and O–H groups in total. The van der Waals surface area contributed by atoms with Crippen LogP contribution in [0.2, 0.25) is 0 Å². The molecule has 6 nitrogen and oxygen atoms in total. The van der Waals surface area contributed by atoms with E-state index in [0.717, 1.165) is 50.0 Å². The molecular formula is C21H35N3O3. The van der Waals surface area contributed by atoms with E-state index in [9.17, 15) is 9.59 Å². The molecule has 1 rings (SSSR count). The zero-order valence-electron chi connectivity index (χ0n) is 17.4. The number of amides is 3. The summed E-state index contributed by atoms with van der Waals surface area (Å²) in [5.74, 6) is 0. The third-order valence-corrected chi connectivity index (χ3v) is 3.76. The molecule has 3 amide bonds. The summed E-state index contributed by atoms with van der Waals surface area (Å²) in [5.41, 5.74) is 1.44. The number of ether oxygens (including phenoxy) is 1. The summed E-state index contributed by atoms with van der Waals surface area (Å²) in [7, 11) is 0. The van der Waals surface area contributed by atoms with Gasteiger partial charge in [0.1, 0.15) is 5.60 Å². The number of carbonyl (C=O) groups excluding carboxylic acids is 2. The fraction of sp³-hybridized carbons (Fsp3) is 0.619. The third-order valence-electron chi connectivity index (χ3n) is 3.76. The van der Waals surface area contributed by atoms with Crippen molar-refractivity contribution in [1.29, 1.82) is 0 Å². The van der Waals surface area contributed by atoms with E-state index in [2.05, 4.69) is 24.5 Å². The number of rotatable bonds is 9. The number of hydrogen-bond donors (Lipinski definition) is 2. The molecule has 0 heterocycles. The highest BCUT2D eigenvalue weighted by Crippen LogP contribution is 2.13. The quantitative estimate of drug-likeness (QED) is 0.607. The molecule has 0 radical (unpaired) electrons. The summed E-state index contributed by atoms with van der Waals surface area (Å²) in [6.45, 7) is 11.7. The topological polar surface area (TPSA) is 70.7 Å². The number of urea groups is 1. The molecule has 0 aromatic heterocycles. The molecule has 0 spiro atoms. The standard InChI is InChI=1S/C21H35N3O3/c1-6-14-24(15-7-2)19(25)23-18-12-8-10-17(16-18)11-9-13-22-20(26)27-21(3,4)5/h8,10,12,16H,6-7,9,11,13-15H2,1-5H3,(H,22,26)(H,23,25). The number of alkyl carbamates (subject to hydrolysis) is 1. The maximum atomic E-state index is 12.4. The van der Waals surface area contributed by atoms with E-state index in [-0.39, 0.29) is 6.03 Å². The predicted octanol–water partition coefficient (Wildman–Crippen LogP) is 4.80. The second kappa shape index (κ2) is 11.5. The van der Waals surface area contributed by atoms with Crippen molar-refractivity contribution >= 4 is 17.8 Å². The van der Waals surface area contributed by atoms with Gasteiger partial charge in [-0.1, -0.05) is 26.0 Å². The van der Waals surface area contributed by atoms with Crippen LogP contribution in [0.5, 0.6) is 0 Å². The van der Waals surface area contributed by atoms with Crippen molar-refractivity contribution < 1.29 is 14.3 Å². The first-order valence-corrected chi connectivity index (χ1v) is 9.87. The fourth-order valence-electron chi connectivity index (χ4n) is 2.66. The van der Waals surface area contributed by atoms with Gasteiger partial charge >= 0.3 is 12.1 Å². The Morgan fingerprint density at radius 2 is 1.78 bits per heavy atom. The number of benzene rings is 1. The third kappa shape index (κ3) is 9.87. The maximum Gasteiger partial charge on any atom is 0.407 e. The van der Waals surface area contributed by atoms with Gasteiger partial charge < -0.3 is 20.3 Å². The smallest absolute Gasteiger partial charge is 0.407 e. The van der Waals surface area contributed by atoms with Gasteiger partial charge in [0.15, 0.2) is 0 Å². The molecule has 0 unspecified atom stereocenters. The molecule has 0 aliphatic carbocycles. The van der Waals surface area contributed by atoms with Gasteiger partial charge in [-0.25, -0.2) is 9.59 Å². The highest BCUT2D eigenvalue weighted by molar-refractivity contribution is 5.89. The minimum Gasteiger partial charge on any atom is -0.444 e. The van der Waals surface area contributed by atoms with Gasteiger partial charge in [-0.3, -0.25) is 0 Å². The minimum atomic E-state index is -0.486. The van der Waals surface area contributed by atoms with E-state index in [1.165, 1.54) is 0 Å². The fourth-order valence-corrected chi connectivity index (χ4v) is 2.66. The van der Waals surface area contributed by atoms with Gasteiger partial charge in [-0.2, -0.15) is 0 Å². The van der Waals surface area contributed by atoms with Crippen LogP contribution in [0.1, 0.15) is 59.4 Å². The van der Waals surface area contributed by atoms with Crippen LogP contribution < -0.4 is 10.6 Å². The van der Waals surface area contributed by atoms with Gasteiger partial charge in [-0.15, -0.1) is 0 Å². The SMILES string of the molecule is CCCN(CCC)C(=O)Nc1cccc(CCCNC(=O)OC(C)(C)C)c1. The van der Waals surface area contributed by atoms with E-state index in [1.807, 2.05) is 49.9 Å².